The van der Waals surface area contributed by atoms with Gasteiger partial charge >= 0.3 is 0 Å². The first kappa shape index (κ1) is 18.1. The maximum Gasteiger partial charge on any atom is 0.285 e. The highest BCUT2D eigenvalue weighted by Crippen LogP contribution is 2.28. The first-order chi connectivity index (χ1) is 12.5. The zero-order valence-corrected chi connectivity index (χ0v) is 15.6. The fourth-order valence-corrected chi connectivity index (χ4v) is 3.72. The van der Waals surface area contributed by atoms with Gasteiger partial charge in [-0.05, 0) is 31.5 Å². The van der Waals surface area contributed by atoms with Crippen molar-refractivity contribution >= 4 is 22.2 Å². The van der Waals surface area contributed by atoms with Crippen LogP contribution in [0, 0.1) is 6.92 Å². The molecule has 6 nitrogen and oxygen atoms in total. The summed E-state index contributed by atoms with van der Waals surface area (Å²) in [6.45, 7) is 4.34. The molecule has 0 fully saturated rings. The van der Waals surface area contributed by atoms with Crippen LogP contribution in [0.5, 0.6) is 0 Å². The Morgan fingerprint density at radius 3 is 2.54 bits per heavy atom. The van der Waals surface area contributed by atoms with Gasteiger partial charge < -0.3 is 5.32 Å². The molecule has 1 N–H and O–H groups in total. The molecule has 136 valence electrons. The summed E-state index contributed by atoms with van der Waals surface area (Å²) in [7, 11) is -3.83. The third-order valence-electron chi connectivity index (χ3n) is 4.09. The van der Waals surface area contributed by atoms with Gasteiger partial charge in [0.1, 0.15) is 0 Å². The van der Waals surface area contributed by atoms with Crippen molar-refractivity contribution in [3.63, 3.8) is 0 Å². The van der Waals surface area contributed by atoms with Gasteiger partial charge in [0, 0.05) is 19.2 Å². The fourth-order valence-electron chi connectivity index (χ4n) is 2.76. The maximum atomic E-state index is 12.7. The van der Waals surface area contributed by atoms with Crippen LogP contribution in [0.2, 0.25) is 0 Å². The predicted octanol–water partition coefficient (Wildman–Crippen LogP) is 3.08. The van der Waals surface area contributed by atoms with Crippen LogP contribution in [-0.2, 0) is 10.0 Å². The Morgan fingerprint density at radius 1 is 1.19 bits per heavy atom. The van der Waals surface area contributed by atoms with Crippen molar-refractivity contribution in [3.05, 3.63) is 65.7 Å². The summed E-state index contributed by atoms with van der Waals surface area (Å²) < 4.78 is 29.5. The number of sulfonamides is 1. The van der Waals surface area contributed by atoms with Crippen LogP contribution in [0.3, 0.4) is 0 Å². The maximum absolute atomic E-state index is 12.7. The van der Waals surface area contributed by atoms with Crippen molar-refractivity contribution in [3.8, 4) is 0 Å². The largest absolute Gasteiger partial charge is 0.354 e. The van der Waals surface area contributed by atoms with Crippen LogP contribution in [0.1, 0.15) is 30.5 Å². The second kappa shape index (κ2) is 7.70. The Morgan fingerprint density at radius 2 is 1.88 bits per heavy atom. The molecule has 1 aliphatic heterocycles. The molecule has 2 aromatic rings. The minimum atomic E-state index is -3.83. The van der Waals surface area contributed by atoms with Gasteiger partial charge in [-0.15, -0.1) is 4.40 Å². The van der Waals surface area contributed by atoms with Crippen molar-refractivity contribution in [2.45, 2.75) is 31.2 Å². The zero-order valence-electron chi connectivity index (χ0n) is 14.8. The number of nitrogens with one attached hydrogen (secondary N) is 1. The first-order valence-corrected chi connectivity index (χ1v) is 9.97. The van der Waals surface area contributed by atoms with Gasteiger partial charge in [-0.3, -0.25) is 0 Å². The third-order valence-corrected chi connectivity index (χ3v) is 5.37. The minimum absolute atomic E-state index is 0.0813. The number of hydrazone groups is 1. The smallest absolute Gasteiger partial charge is 0.285 e. The molecular weight excluding hydrogens is 348 g/mol. The van der Waals surface area contributed by atoms with Gasteiger partial charge in [0.2, 0.25) is 5.96 Å². The van der Waals surface area contributed by atoms with Gasteiger partial charge in [0.05, 0.1) is 10.9 Å². The van der Waals surface area contributed by atoms with Crippen molar-refractivity contribution in [1.82, 2.24) is 10.3 Å². The van der Waals surface area contributed by atoms with Crippen LogP contribution in [0.25, 0.3) is 0 Å². The Labute approximate surface area is 154 Å². The summed E-state index contributed by atoms with van der Waals surface area (Å²) in [5.41, 5.74) is 2.05. The lowest BCUT2D eigenvalue weighted by Crippen LogP contribution is -2.39. The summed E-state index contributed by atoms with van der Waals surface area (Å²) in [4.78, 5) is 0.165. The molecule has 0 radical (unpaired) electrons. The van der Waals surface area contributed by atoms with E-state index >= 15 is 0 Å². The summed E-state index contributed by atoms with van der Waals surface area (Å²) in [5.74, 6) is 0.232. The van der Waals surface area contributed by atoms with E-state index in [2.05, 4.69) is 14.8 Å². The normalized spacial score (nSPS) is 17.5. The topological polar surface area (TPSA) is 74.1 Å². The van der Waals surface area contributed by atoms with Crippen molar-refractivity contribution in [2.24, 2.45) is 9.50 Å². The standard InChI is InChI=1S/C19H22N4O2S/c1-3-20-19(22-26(24,25)17-11-9-15(2)10-12-17)23-18(13-14-21-23)16-7-5-4-6-8-16/h4-12,14,18H,3,13H2,1-2H3,(H,20,22). The molecule has 0 aromatic heterocycles. The fraction of sp³-hybridized carbons (Fsp3) is 0.263. The Kier molecular flexibility index (Phi) is 5.37. The molecule has 0 spiro atoms. The molecule has 2 aromatic carbocycles. The predicted molar refractivity (Wildman–Crippen MR) is 104 cm³/mol. The number of benzene rings is 2. The molecule has 0 bridgehead atoms. The highest BCUT2D eigenvalue weighted by atomic mass is 32.2. The Balaban J connectivity index is 1.96. The molecular formula is C19H22N4O2S. The number of rotatable bonds is 4. The van der Waals surface area contributed by atoms with E-state index in [1.807, 2.05) is 44.2 Å². The monoisotopic (exact) mass is 370 g/mol. The lowest BCUT2D eigenvalue weighted by Gasteiger charge is -2.25. The molecule has 26 heavy (non-hydrogen) atoms. The summed E-state index contributed by atoms with van der Waals surface area (Å²) >= 11 is 0. The van der Waals surface area contributed by atoms with Crippen LogP contribution in [-0.4, -0.2) is 32.1 Å². The molecule has 1 atom stereocenters. The first-order valence-electron chi connectivity index (χ1n) is 8.53. The lowest BCUT2D eigenvalue weighted by molar-refractivity contribution is 0.358. The van der Waals surface area contributed by atoms with E-state index in [4.69, 9.17) is 0 Å². The molecule has 0 saturated heterocycles. The molecule has 1 unspecified atom stereocenters. The SMILES string of the molecule is CCN/C(=N\S(=O)(=O)c1ccc(C)cc1)N1N=CCC1c1ccccc1. The molecule has 0 aliphatic carbocycles. The van der Waals surface area contributed by atoms with E-state index in [0.29, 0.717) is 13.0 Å². The van der Waals surface area contributed by atoms with Crippen LogP contribution >= 0.6 is 0 Å². The number of hydrogen-bond donors (Lipinski definition) is 1. The average molecular weight is 370 g/mol. The molecule has 0 amide bonds. The molecule has 3 rings (SSSR count). The summed E-state index contributed by atoms with van der Waals surface area (Å²) in [6, 6.07) is 16.4. The second-order valence-corrected chi connectivity index (χ2v) is 7.64. The van der Waals surface area contributed by atoms with E-state index < -0.39 is 10.0 Å². The van der Waals surface area contributed by atoms with Gasteiger partial charge in [0.25, 0.3) is 10.0 Å². The number of nitrogens with zero attached hydrogens (tertiary/aromatic N) is 3. The van der Waals surface area contributed by atoms with E-state index in [1.54, 1.807) is 35.5 Å². The number of hydrogen-bond acceptors (Lipinski definition) is 3. The van der Waals surface area contributed by atoms with Crippen LogP contribution in [0.15, 0.2) is 69.0 Å². The second-order valence-electron chi connectivity index (χ2n) is 6.04. The highest BCUT2D eigenvalue weighted by Gasteiger charge is 2.28. The number of aryl methyl sites for hydroxylation is 1. The molecule has 1 aliphatic rings. The van der Waals surface area contributed by atoms with E-state index in [9.17, 15) is 8.42 Å². The van der Waals surface area contributed by atoms with E-state index in [0.717, 1.165) is 11.1 Å². The van der Waals surface area contributed by atoms with Crippen LogP contribution in [0.4, 0.5) is 0 Å². The summed E-state index contributed by atoms with van der Waals surface area (Å²) in [5, 5.41) is 9.04. The number of guanidine groups is 1. The Bertz CT molecular complexity index is 906. The molecule has 0 saturated carbocycles. The minimum Gasteiger partial charge on any atom is -0.354 e. The van der Waals surface area contributed by atoms with Crippen molar-refractivity contribution in [1.29, 1.82) is 0 Å². The van der Waals surface area contributed by atoms with Crippen LogP contribution < -0.4 is 5.32 Å². The van der Waals surface area contributed by atoms with E-state index in [1.165, 1.54) is 0 Å². The van der Waals surface area contributed by atoms with Gasteiger partial charge in [0.15, 0.2) is 0 Å². The molecule has 7 heteroatoms. The van der Waals surface area contributed by atoms with Gasteiger partial charge in [-0.2, -0.15) is 13.5 Å². The highest BCUT2D eigenvalue weighted by molar-refractivity contribution is 7.90. The third kappa shape index (κ3) is 3.94. The van der Waals surface area contributed by atoms with Gasteiger partial charge in [-0.1, -0.05) is 48.0 Å². The molecule has 1 heterocycles. The lowest BCUT2D eigenvalue weighted by atomic mass is 10.1. The average Bonchev–Trinajstić information content (AvgIpc) is 3.12. The quantitative estimate of drug-likeness (QED) is 0.663. The van der Waals surface area contributed by atoms with E-state index in [-0.39, 0.29) is 16.9 Å². The van der Waals surface area contributed by atoms with Crippen molar-refractivity contribution in [2.75, 3.05) is 6.54 Å². The van der Waals surface area contributed by atoms with Gasteiger partial charge in [-0.25, -0.2) is 5.01 Å². The Hall–Kier alpha value is -2.67. The zero-order chi connectivity index (χ0) is 18.6. The van der Waals surface area contributed by atoms with Crippen molar-refractivity contribution < 1.29 is 8.42 Å². The summed E-state index contributed by atoms with van der Waals surface area (Å²) in [6.07, 6.45) is 2.47.